The maximum Gasteiger partial charge on any atom is 0.0725 e. The SMILES string of the molecule is C=CC1=C(/C=C\C)C2(C(/C=C\C)=C(/C=C\C)c3ccc(C)cc32)c2ccccc21. The summed E-state index contributed by atoms with van der Waals surface area (Å²) in [5.74, 6) is 0. The third-order valence-corrected chi connectivity index (χ3v) is 6.08. The van der Waals surface area contributed by atoms with Crippen LogP contribution in [-0.4, -0.2) is 0 Å². The van der Waals surface area contributed by atoms with Gasteiger partial charge >= 0.3 is 0 Å². The number of hydrogen-bond donors (Lipinski definition) is 0. The molecule has 144 valence electrons. The molecule has 0 saturated carbocycles. The fraction of sp³-hybridized carbons (Fsp3) is 0.172. The van der Waals surface area contributed by atoms with E-state index in [-0.39, 0.29) is 5.41 Å². The van der Waals surface area contributed by atoms with Gasteiger partial charge in [0.05, 0.1) is 5.41 Å². The highest BCUT2D eigenvalue weighted by molar-refractivity contribution is 6.00. The molecule has 0 radical (unpaired) electrons. The maximum atomic E-state index is 4.19. The molecule has 0 fully saturated rings. The molecule has 0 nitrogen and oxygen atoms in total. The summed E-state index contributed by atoms with van der Waals surface area (Å²) in [6.07, 6.45) is 15.3. The molecule has 0 heterocycles. The molecule has 0 saturated heterocycles. The Morgan fingerprint density at radius 1 is 0.724 bits per heavy atom. The smallest absolute Gasteiger partial charge is 0.0725 e. The van der Waals surface area contributed by atoms with Crippen LogP contribution < -0.4 is 0 Å². The van der Waals surface area contributed by atoms with E-state index in [1.165, 1.54) is 50.1 Å². The summed E-state index contributed by atoms with van der Waals surface area (Å²) in [6.45, 7) is 12.7. The number of rotatable bonds is 4. The van der Waals surface area contributed by atoms with Crippen LogP contribution in [0.15, 0.2) is 103 Å². The van der Waals surface area contributed by atoms with E-state index in [9.17, 15) is 0 Å². The molecule has 1 unspecified atom stereocenters. The van der Waals surface area contributed by atoms with Gasteiger partial charge in [-0.25, -0.2) is 0 Å². The van der Waals surface area contributed by atoms with Crippen molar-refractivity contribution >= 4 is 11.1 Å². The minimum absolute atomic E-state index is 0.310. The Hall–Kier alpha value is -3.12. The number of hydrogen-bond acceptors (Lipinski definition) is 0. The summed E-state index contributed by atoms with van der Waals surface area (Å²) in [7, 11) is 0. The molecule has 2 aromatic carbocycles. The van der Waals surface area contributed by atoms with Gasteiger partial charge in [0.15, 0.2) is 0 Å². The fourth-order valence-electron chi connectivity index (χ4n) is 5.14. The third kappa shape index (κ3) is 2.52. The summed E-state index contributed by atoms with van der Waals surface area (Å²) in [5.41, 5.74) is 11.5. The minimum atomic E-state index is -0.310. The lowest BCUT2D eigenvalue weighted by Crippen LogP contribution is -2.27. The van der Waals surface area contributed by atoms with Crippen LogP contribution in [0.25, 0.3) is 11.1 Å². The van der Waals surface area contributed by atoms with Gasteiger partial charge in [-0.2, -0.15) is 0 Å². The molecular weight excluding hydrogens is 348 g/mol. The Morgan fingerprint density at radius 2 is 1.34 bits per heavy atom. The first-order valence-electron chi connectivity index (χ1n) is 10.4. The van der Waals surface area contributed by atoms with E-state index in [1.807, 2.05) is 6.08 Å². The highest BCUT2D eigenvalue weighted by Crippen LogP contribution is 2.61. The van der Waals surface area contributed by atoms with Crippen LogP contribution in [0.2, 0.25) is 0 Å². The third-order valence-electron chi connectivity index (χ3n) is 6.08. The van der Waals surface area contributed by atoms with Crippen LogP contribution in [0.1, 0.15) is 48.6 Å². The van der Waals surface area contributed by atoms with Gasteiger partial charge in [-0.1, -0.05) is 97.1 Å². The van der Waals surface area contributed by atoms with Gasteiger partial charge < -0.3 is 0 Å². The lowest BCUT2D eigenvalue weighted by atomic mass is 9.68. The van der Waals surface area contributed by atoms with Gasteiger partial charge in [-0.3, -0.25) is 0 Å². The molecule has 0 bridgehead atoms. The van der Waals surface area contributed by atoms with Crippen molar-refractivity contribution in [2.45, 2.75) is 33.1 Å². The van der Waals surface area contributed by atoms with E-state index in [4.69, 9.17) is 0 Å². The first kappa shape index (κ1) is 19.2. The highest BCUT2D eigenvalue weighted by Gasteiger charge is 2.51. The molecule has 0 aliphatic heterocycles. The minimum Gasteiger partial charge on any atom is -0.0984 e. The maximum absolute atomic E-state index is 4.19. The normalized spacial score (nSPS) is 20.7. The van der Waals surface area contributed by atoms with Crippen molar-refractivity contribution < 1.29 is 0 Å². The predicted molar refractivity (Wildman–Crippen MR) is 127 cm³/mol. The van der Waals surface area contributed by atoms with Gasteiger partial charge in [-0.05, 0) is 72.2 Å². The molecule has 2 aromatic rings. The Bertz CT molecular complexity index is 1140. The highest BCUT2D eigenvalue weighted by atomic mass is 14.5. The number of allylic oxidation sites excluding steroid dienone is 11. The van der Waals surface area contributed by atoms with Crippen molar-refractivity contribution in [2.75, 3.05) is 0 Å². The van der Waals surface area contributed by atoms with Crippen LogP contribution in [0, 0.1) is 6.92 Å². The van der Waals surface area contributed by atoms with Crippen LogP contribution in [0.4, 0.5) is 0 Å². The summed E-state index contributed by atoms with van der Waals surface area (Å²) in [4.78, 5) is 0. The number of aryl methyl sites for hydroxylation is 1. The lowest BCUT2D eigenvalue weighted by molar-refractivity contribution is 0.777. The van der Waals surface area contributed by atoms with E-state index in [2.05, 4.69) is 113 Å². The van der Waals surface area contributed by atoms with Crippen LogP contribution in [-0.2, 0) is 5.41 Å². The fourth-order valence-corrected chi connectivity index (χ4v) is 5.14. The van der Waals surface area contributed by atoms with Crippen molar-refractivity contribution in [3.63, 3.8) is 0 Å². The summed E-state index contributed by atoms with van der Waals surface area (Å²) in [6, 6.07) is 15.7. The van der Waals surface area contributed by atoms with Crippen molar-refractivity contribution in [3.05, 3.63) is 131 Å². The van der Waals surface area contributed by atoms with E-state index >= 15 is 0 Å². The second-order valence-corrected chi connectivity index (χ2v) is 7.70. The second-order valence-electron chi connectivity index (χ2n) is 7.70. The molecule has 0 aromatic heterocycles. The first-order valence-corrected chi connectivity index (χ1v) is 10.4. The lowest BCUT2D eigenvalue weighted by Gasteiger charge is -2.33. The van der Waals surface area contributed by atoms with E-state index in [0.29, 0.717) is 0 Å². The number of fused-ring (bicyclic) bond motifs is 4. The molecule has 2 aliphatic carbocycles. The first-order chi connectivity index (χ1) is 14.1. The van der Waals surface area contributed by atoms with Gasteiger partial charge in [0.25, 0.3) is 0 Å². The summed E-state index contributed by atoms with van der Waals surface area (Å²) < 4.78 is 0. The summed E-state index contributed by atoms with van der Waals surface area (Å²) in [5, 5.41) is 0. The van der Waals surface area contributed by atoms with Gasteiger partial charge in [0.1, 0.15) is 0 Å². The Kier molecular flexibility index (Phi) is 4.88. The molecule has 0 N–H and O–H groups in total. The second kappa shape index (κ2) is 7.37. The molecule has 0 amide bonds. The topological polar surface area (TPSA) is 0 Å². The zero-order valence-electron chi connectivity index (χ0n) is 17.8. The molecule has 4 rings (SSSR count). The average Bonchev–Trinajstić information content (AvgIpc) is 3.15. The molecular formula is C29H28. The quantitative estimate of drug-likeness (QED) is 0.512. The zero-order chi connectivity index (χ0) is 20.6. The predicted octanol–water partition coefficient (Wildman–Crippen LogP) is 7.73. The van der Waals surface area contributed by atoms with Crippen molar-refractivity contribution in [3.8, 4) is 0 Å². The van der Waals surface area contributed by atoms with Gasteiger partial charge in [0.2, 0.25) is 0 Å². The Labute approximate surface area is 175 Å². The van der Waals surface area contributed by atoms with Gasteiger partial charge in [0, 0.05) is 0 Å². The van der Waals surface area contributed by atoms with E-state index < -0.39 is 0 Å². The van der Waals surface area contributed by atoms with Gasteiger partial charge in [-0.15, -0.1) is 0 Å². The van der Waals surface area contributed by atoms with Crippen LogP contribution in [0.5, 0.6) is 0 Å². The molecule has 1 spiro atoms. The molecule has 29 heavy (non-hydrogen) atoms. The van der Waals surface area contributed by atoms with Crippen LogP contribution >= 0.6 is 0 Å². The molecule has 2 aliphatic rings. The molecule has 1 atom stereocenters. The van der Waals surface area contributed by atoms with E-state index in [0.717, 1.165) is 0 Å². The Morgan fingerprint density at radius 3 is 2.00 bits per heavy atom. The van der Waals surface area contributed by atoms with Crippen LogP contribution in [0.3, 0.4) is 0 Å². The largest absolute Gasteiger partial charge is 0.0984 e. The molecule has 0 heteroatoms. The van der Waals surface area contributed by atoms with Crippen molar-refractivity contribution in [2.24, 2.45) is 0 Å². The van der Waals surface area contributed by atoms with E-state index in [1.54, 1.807) is 0 Å². The average molecular weight is 377 g/mol. The Balaban J connectivity index is 2.27. The monoisotopic (exact) mass is 376 g/mol. The standard InChI is InChI=1S/C29H28/c1-6-12-22-24-18-17-20(5)19-28(24)29(26(22)14-8-3)25(13-7-2)21(9-4)23-15-10-11-16-27(23)29/h6-19H,4H2,1-3,5H3/b12-6-,13-7-,14-8-. The number of benzene rings is 2. The zero-order valence-corrected chi connectivity index (χ0v) is 17.8. The van der Waals surface area contributed by atoms with Crippen molar-refractivity contribution in [1.29, 1.82) is 0 Å². The van der Waals surface area contributed by atoms with Crippen molar-refractivity contribution in [1.82, 2.24) is 0 Å². The summed E-state index contributed by atoms with van der Waals surface area (Å²) >= 11 is 0.